The van der Waals surface area contributed by atoms with Crippen LogP contribution < -0.4 is 10.2 Å². The van der Waals surface area contributed by atoms with E-state index >= 15 is 0 Å². The summed E-state index contributed by atoms with van der Waals surface area (Å²) in [5, 5.41) is 18.0. The Kier molecular flexibility index (Phi) is 5.99. The van der Waals surface area contributed by atoms with Crippen molar-refractivity contribution in [3.8, 4) is 11.3 Å². The van der Waals surface area contributed by atoms with Crippen molar-refractivity contribution < 1.29 is 19.2 Å². The van der Waals surface area contributed by atoms with E-state index in [0.717, 1.165) is 5.56 Å². The fourth-order valence-electron chi connectivity index (χ4n) is 3.16. The van der Waals surface area contributed by atoms with Crippen LogP contribution >= 0.6 is 23.2 Å². The predicted octanol–water partition coefficient (Wildman–Crippen LogP) is 4.32. The van der Waals surface area contributed by atoms with Gasteiger partial charge in [-0.3, -0.25) is 4.90 Å². The molecule has 11 heteroatoms. The molecule has 0 radical (unpaired) electrons. The van der Waals surface area contributed by atoms with Crippen LogP contribution in [0.1, 0.15) is 25.6 Å². The highest BCUT2D eigenvalue weighted by Crippen LogP contribution is 2.30. The number of aliphatic hydroxyl groups excluding tert-OH is 1. The van der Waals surface area contributed by atoms with Crippen LogP contribution in [-0.4, -0.2) is 45.1 Å². The molecule has 0 bridgehead atoms. The molecule has 1 aromatic carbocycles. The Hall–Kier alpha value is -2.88. The lowest BCUT2D eigenvalue weighted by Crippen LogP contribution is -2.41. The minimum Gasteiger partial charge on any atom is -0.447 e. The number of aromatic nitrogens is 3. The molecule has 0 spiro atoms. The summed E-state index contributed by atoms with van der Waals surface area (Å²) in [4.78, 5) is 22.0. The summed E-state index contributed by atoms with van der Waals surface area (Å²) in [6, 6.07) is 7.72. The molecule has 4 rings (SSSR count). The summed E-state index contributed by atoms with van der Waals surface area (Å²) < 4.78 is 10.5. The fourth-order valence-corrected chi connectivity index (χ4v) is 3.46. The molecule has 3 atom stereocenters. The Morgan fingerprint density at radius 1 is 1.23 bits per heavy atom. The van der Waals surface area contributed by atoms with E-state index in [0.29, 0.717) is 27.3 Å². The average molecular weight is 464 g/mol. The molecule has 9 nitrogen and oxygen atoms in total. The molecule has 0 aliphatic carbocycles. The van der Waals surface area contributed by atoms with Crippen LogP contribution in [0.3, 0.4) is 0 Å². The zero-order valence-corrected chi connectivity index (χ0v) is 18.1. The van der Waals surface area contributed by atoms with Gasteiger partial charge in [-0.05, 0) is 32.0 Å². The molecule has 3 heterocycles. The number of aliphatic hydroxyl groups is 1. The van der Waals surface area contributed by atoms with Crippen LogP contribution in [0.25, 0.3) is 11.3 Å². The summed E-state index contributed by atoms with van der Waals surface area (Å²) in [6.07, 6.45) is 0.180. The second kappa shape index (κ2) is 8.70. The number of nitrogens with zero attached hydrogens (tertiary/aromatic N) is 4. The molecular weight excluding hydrogens is 445 g/mol. The topological polar surface area (TPSA) is 114 Å². The molecule has 2 aromatic heterocycles. The normalized spacial score (nSPS) is 18.0. The number of ether oxygens (including phenoxy) is 1. The first-order valence-electron chi connectivity index (χ1n) is 9.49. The summed E-state index contributed by atoms with van der Waals surface area (Å²) >= 11 is 12.0. The van der Waals surface area contributed by atoms with Gasteiger partial charge < -0.3 is 19.7 Å². The molecule has 3 aromatic rings. The molecule has 0 saturated carbocycles. The van der Waals surface area contributed by atoms with E-state index < -0.39 is 18.2 Å². The Bertz CT molecular complexity index is 1110. The monoisotopic (exact) mass is 463 g/mol. The maximum atomic E-state index is 12.1. The number of nitrogens with one attached hydrogen (secondary N) is 1. The fraction of sp³-hybridized carbons (Fsp3) is 0.300. The first kappa shape index (κ1) is 21.4. The second-order valence-corrected chi connectivity index (χ2v) is 7.92. The van der Waals surface area contributed by atoms with Gasteiger partial charge in [-0.25, -0.2) is 9.78 Å². The molecule has 1 saturated heterocycles. The van der Waals surface area contributed by atoms with Crippen molar-refractivity contribution in [2.24, 2.45) is 0 Å². The quantitative estimate of drug-likeness (QED) is 0.555. The zero-order chi connectivity index (χ0) is 22.1. The molecule has 1 aliphatic heterocycles. The maximum Gasteiger partial charge on any atom is 0.416 e. The van der Waals surface area contributed by atoms with Crippen molar-refractivity contribution in [1.29, 1.82) is 0 Å². The number of cyclic esters (lactones) is 1. The van der Waals surface area contributed by atoms with Crippen molar-refractivity contribution in [2.45, 2.75) is 32.0 Å². The Labute approximate surface area is 187 Å². The van der Waals surface area contributed by atoms with Gasteiger partial charge in [0.1, 0.15) is 24.2 Å². The number of amides is 1. The van der Waals surface area contributed by atoms with E-state index in [1.165, 1.54) is 11.1 Å². The Morgan fingerprint density at radius 2 is 2.03 bits per heavy atom. The Morgan fingerprint density at radius 3 is 2.77 bits per heavy atom. The number of carbonyl (C=O) groups is 1. The van der Waals surface area contributed by atoms with Gasteiger partial charge in [0.05, 0.1) is 22.2 Å². The molecule has 1 aliphatic rings. The van der Waals surface area contributed by atoms with Crippen LogP contribution in [0.2, 0.25) is 10.0 Å². The number of carbonyl (C=O) groups excluding carboxylic acids is 1. The van der Waals surface area contributed by atoms with Gasteiger partial charge in [0.2, 0.25) is 5.95 Å². The smallest absolute Gasteiger partial charge is 0.416 e. The standard InChI is InChI=1S/C20H19Cl2N5O4/c1-10(17-8-15(26-31-17)12-3-4-13(21)14(22)7-12)24-19-23-6-5-18(25-19)27-16(11(2)28)9-30-20(27)29/h3-8,10-11,16,28H,9H2,1-2H3,(H,23,24,25)/t10-,11-,16-/m1/s1. The van der Waals surface area contributed by atoms with E-state index in [2.05, 4.69) is 20.4 Å². The first-order chi connectivity index (χ1) is 14.8. The van der Waals surface area contributed by atoms with Crippen LogP contribution in [0.15, 0.2) is 41.1 Å². The number of hydrogen-bond acceptors (Lipinski definition) is 8. The van der Waals surface area contributed by atoms with Gasteiger partial charge in [-0.2, -0.15) is 4.98 Å². The molecule has 0 unspecified atom stereocenters. The van der Waals surface area contributed by atoms with Gasteiger partial charge in [0, 0.05) is 17.8 Å². The van der Waals surface area contributed by atoms with Gasteiger partial charge in [0.25, 0.3) is 0 Å². The van der Waals surface area contributed by atoms with E-state index in [9.17, 15) is 9.90 Å². The highest BCUT2D eigenvalue weighted by Gasteiger charge is 2.38. The highest BCUT2D eigenvalue weighted by atomic mass is 35.5. The first-order valence-corrected chi connectivity index (χ1v) is 10.2. The van der Waals surface area contributed by atoms with E-state index in [1.54, 1.807) is 37.3 Å². The maximum absolute atomic E-state index is 12.1. The summed E-state index contributed by atoms with van der Waals surface area (Å²) in [7, 11) is 0. The van der Waals surface area contributed by atoms with Crippen LogP contribution in [0.5, 0.6) is 0 Å². The summed E-state index contributed by atoms with van der Waals surface area (Å²) in [5.41, 5.74) is 1.38. The van der Waals surface area contributed by atoms with E-state index in [4.69, 9.17) is 32.5 Å². The van der Waals surface area contributed by atoms with Crippen molar-refractivity contribution in [2.75, 3.05) is 16.8 Å². The van der Waals surface area contributed by atoms with Gasteiger partial charge in [-0.1, -0.05) is 34.4 Å². The lowest BCUT2D eigenvalue weighted by molar-refractivity contribution is 0.142. The lowest BCUT2D eigenvalue weighted by atomic mass is 10.1. The minimum absolute atomic E-state index is 0.0925. The van der Waals surface area contributed by atoms with Crippen LogP contribution in [-0.2, 0) is 4.74 Å². The third-order valence-electron chi connectivity index (χ3n) is 4.87. The molecule has 162 valence electrons. The largest absolute Gasteiger partial charge is 0.447 e. The number of rotatable bonds is 6. The number of hydrogen-bond donors (Lipinski definition) is 2. The van der Waals surface area contributed by atoms with Crippen molar-refractivity contribution >= 4 is 41.1 Å². The number of halogens is 2. The highest BCUT2D eigenvalue weighted by molar-refractivity contribution is 6.42. The molecule has 1 fully saturated rings. The zero-order valence-electron chi connectivity index (χ0n) is 16.6. The van der Waals surface area contributed by atoms with Crippen molar-refractivity contribution in [1.82, 2.24) is 15.1 Å². The molecule has 1 amide bonds. The van der Waals surface area contributed by atoms with Gasteiger partial charge >= 0.3 is 6.09 Å². The van der Waals surface area contributed by atoms with Gasteiger partial charge in [-0.15, -0.1) is 0 Å². The van der Waals surface area contributed by atoms with Crippen LogP contribution in [0, 0.1) is 0 Å². The van der Waals surface area contributed by atoms with Gasteiger partial charge in [0.15, 0.2) is 5.76 Å². The third kappa shape index (κ3) is 4.43. The van der Waals surface area contributed by atoms with E-state index in [-0.39, 0.29) is 18.6 Å². The van der Waals surface area contributed by atoms with Crippen molar-refractivity contribution in [3.63, 3.8) is 0 Å². The van der Waals surface area contributed by atoms with Crippen LogP contribution in [0.4, 0.5) is 16.6 Å². The molecular formula is C20H19Cl2N5O4. The summed E-state index contributed by atoms with van der Waals surface area (Å²) in [5.74, 6) is 1.16. The SMILES string of the molecule is C[C@@H](Nc1nccc(N2C(=O)OC[C@@H]2[C@@H](C)O)n1)c1cc(-c2ccc(Cl)c(Cl)c2)no1. The predicted molar refractivity (Wildman–Crippen MR) is 115 cm³/mol. The average Bonchev–Trinajstić information content (AvgIpc) is 3.37. The Balaban J connectivity index is 1.51. The lowest BCUT2D eigenvalue weighted by Gasteiger charge is -2.22. The van der Waals surface area contributed by atoms with E-state index in [1.807, 2.05) is 6.92 Å². The minimum atomic E-state index is -0.772. The number of anilines is 2. The third-order valence-corrected chi connectivity index (χ3v) is 5.61. The van der Waals surface area contributed by atoms with Crippen molar-refractivity contribution in [3.05, 3.63) is 52.3 Å². The number of benzene rings is 1. The second-order valence-electron chi connectivity index (χ2n) is 7.10. The summed E-state index contributed by atoms with van der Waals surface area (Å²) in [6.45, 7) is 3.55. The molecule has 2 N–H and O–H groups in total. The molecule has 31 heavy (non-hydrogen) atoms.